The molecule has 47 heavy (non-hydrogen) atoms. The van der Waals surface area contributed by atoms with E-state index in [1.54, 1.807) is 0 Å². The van der Waals surface area contributed by atoms with Gasteiger partial charge in [0.25, 0.3) is 14.7 Å². The van der Waals surface area contributed by atoms with E-state index in [-0.39, 0.29) is 12.2 Å². The fourth-order valence-corrected chi connectivity index (χ4v) is 12.4. The first-order valence-electron chi connectivity index (χ1n) is 18.4. The van der Waals surface area contributed by atoms with Crippen molar-refractivity contribution in [2.24, 2.45) is 35.5 Å². The maximum atomic E-state index is 14.8. The van der Waals surface area contributed by atoms with E-state index in [2.05, 4.69) is 54.7 Å². The summed E-state index contributed by atoms with van der Waals surface area (Å²) in [5.74, 6) is 2.89. The van der Waals surface area contributed by atoms with Crippen LogP contribution in [0.2, 0.25) is 0 Å². The molecule has 2 aliphatic carbocycles. The van der Waals surface area contributed by atoms with Crippen molar-refractivity contribution in [3.8, 4) is 0 Å². The van der Waals surface area contributed by atoms with Gasteiger partial charge in [-0.1, -0.05) is 110 Å². The van der Waals surface area contributed by atoms with Gasteiger partial charge in [0.1, 0.15) is 0 Å². The fraction of sp³-hybridized carbons (Fsp3) is 0.610. The summed E-state index contributed by atoms with van der Waals surface area (Å²) in [6.45, 7) is 22.4. The summed E-state index contributed by atoms with van der Waals surface area (Å²) in [4.78, 5) is 0. The van der Waals surface area contributed by atoms with Crippen molar-refractivity contribution in [1.82, 2.24) is 0 Å². The first kappa shape index (κ1) is 38.1. The van der Waals surface area contributed by atoms with Crippen LogP contribution in [0.15, 0.2) is 84.4 Å². The second-order valence-corrected chi connectivity index (χ2v) is 20.3. The number of benzene rings is 2. The minimum absolute atomic E-state index is 0.0283. The first-order chi connectivity index (χ1) is 22.3. The van der Waals surface area contributed by atoms with Gasteiger partial charge in [0.05, 0.1) is 12.2 Å². The normalized spacial score (nSPS) is 27.7. The van der Waals surface area contributed by atoms with Crippen LogP contribution in [0.1, 0.15) is 112 Å². The fourth-order valence-electron chi connectivity index (χ4n) is 7.87. The largest absolute Gasteiger partial charge is 0.319 e. The maximum absolute atomic E-state index is 14.8. The molecule has 0 aliphatic heterocycles. The highest BCUT2D eigenvalue weighted by molar-refractivity contribution is 7.71. The first-order valence-corrected chi connectivity index (χ1v) is 21.6. The SMILES string of the molecule is C=C(CCCCCC(=C)P(=O)(O[C@@H]1C[C@H](C)CC[C@H]1C(C)C)c1ccccc1)P(=O)(O[C@@H]1C[C@H](C)CC[C@H]1C(C)C)c1ccccc1. The molecule has 2 aromatic rings. The van der Waals surface area contributed by atoms with Gasteiger partial charge in [0.15, 0.2) is 0 Å². The van der Waals surface area contributed by atoms with Gasteiger partial charge in [-0.25, -0.2) is 0 Å². The van der Waals surface area contributed by atoms with E-state index in [4.69, 9.17) is 9.05 Å². The number of hydrogen-bond donors (Lipinski definition) is 0. The van der Waals surface area contributed by atoms with Gasteiger partial charge in [-0.2, -0.15) is 0 Å². The van der Waals surface area contributed by atoms with Crippen molar-refractivity contribution in [3.63, 3.8) is 0 Å². The second-order valence-electron chi connectivity index (χ2n) is 15.4. The van der Waals surface area contributed by atoms with Crippen molar-refractivity contribution < 1.29 is 18.2 Å². The quantitative estimate of drug-likeness (QED) is 0.131. The van der Waals surface area contributed by atoms with Crippen LogP contribution in [0.4, 0.5) is 0 Å². The van der Waals surface area contributed by atoms with Gasteiger partial charge in [-0.3, -0.25) is 9.13 Å². The summed E-state index contributed by atoms with van der Waals surface area (Å²) in [7, 11) is -6.57. The Morgan fingerprint density at radius 2 is 1.00 bits per heavy atom. The molecule has 6 heteroatoms. The second kappa shape index (κ2) is 17.3. The highest BCUT2D eigenvalue weighted by Crippen LogP contribution is 2.59. The van der Waals surface area contributed by atoms with E-state index in [1.807, 2.05) is 60.7 Å². The predicted molar refractivity (Wildman–Crippen MR) is 201 cm³/mol. The zero-order valence-electron chi connectivity index (χ0n) is 30.1. The molecule has 260 valence electrons. The standard InChI is InChI=1S/C41H62O4P2/c1-30(2)38-26-24-32(5)28-40(38)44-46(42,36-20-14-10-15-21-36)34(7)18-12-9-13-19-35(8)47(43,37-22-16-11-17-23-37)45-41-29-33(6)25-27-39(41)31(3)4/h10-11,14-17,20-23,30-33,38-41H,7-9,12-13,18-19,24-29H2,1-6H3/t32-,33-,38+,39+,40-,41-,46?,47?/m1/s1. The molecule has 2 aromatic carbocycles. The average molecular weight is 681 g/mol. The highest BCUT2D eigenvalue weighted by atomic mass is 31.2. The van der Waals surface area contributed by atoms with Crippen molar-refractivity contribution in [2.75, 3.05) is 0 Å². The highest BCUT2D eigenvalue weighted by Gasteiger charge is 2.40. The lowest BCUT2D eigenvalue weighted by molar-refractivity contribution is 0.0504. The lowest BCUT2D eigenvalue weighted by atomic mass is 9.75. The molecule has 0 heterocycles. The molecule has 8 atom stereocenters. The molecule has 2 unspecified atom stereocenters. The van der Waals surface area contributed by atoms with Gasteiger partial charge in [0.2, 0.25) is 0 Å². The zero-order valence-corrected chi connectivity index (χ0v) is 31.9. The predicted octanol–water partition coefficient (Wildman–Crippen LogP) is 12.1. The van der Waals surface area contributed by atoms with Crippen LogP contribution in [0.5, 0.6) is 0 Å². The maximum Gasteiger partial charge on any atom is 0.257 e. The molecule has 2 aliphatic rings. The van der Waals surface area contributed by atoms with E-state index < -0.39 is 14.7 Å². The van der Waals surface area contributed by atoms with Gasteiger partial charge in [-0.05, 0) is 111 Å². The van der Waals surface area contributed by atoms with Crippen LogP contribution in [0, 0.1) is 35.5 Å². The number of unbranched alkanes of at least 4 members (excludes halogenated alkanes) is 2. The molecule has 0 bridgehead atoms. The molecule has 0 amide bonds. The minimum atomic E-state index is -3.29. The zero-order chi connectivity index (χ0) is 34.2. The molecular formula is C41H62O4P2. The van der Waals surface area contributed by atoms with Crippen LogP contribution >= 0.6 is 14.7 Å². The van der Waals surface area contributed by atoms with E-state index >= 15 is 0 Å². The Kier molecular flexibility index (Phi) is 14.0. The van der Waals surface area contributed by atoms with Gasteiger partial charge in [0, 0.05) is 21.2 Å². The van der Waals surface area contributed by atoms with Crippen LogP contribution in [0.25, 0.3) is 0 Å². The topological polar surface area (TPSA) is 52.6 Å². The van der Waals surface area contributed by atoms with Gasteiger partial charge < -0.3 is 9.05 Å². The van der Waals surface area contributed by atoms with Crippen LogP contribution < -0.4 is 10.6 Å². The summed E-state index contributed by atoms with van der Waals surface area (Å²) < 4.78 is 43.1. The Balaban J connectivity index is 1.41. The lowest BCUT2D eigenvalue weighted by Crippen LogP contribution is -2.34. The summed E-state index contributed by atoms with van der Waals surface area (Å²) in [5.41, 5.74) is 0. The minimum Gasteiger partial charge on any atom is -0.319 e. The van der Waals surface area contributed by atoms with Crippen molar-refractivity contribution >= 4 is 25.3 Å². The average Bonchev–Trinajstić information content (AvgIpc) is 3.04. The van der Waals surface area contributed by atoms with Gasteiger partial charge >= 0.3 is 0 Å². The Morgan fingerprint density at radius 3 is 1.34 bits per heavy atom. The van der Waals surface area contributed by atoms with Crippen molar-refractivity contribution in [3.05, 3.63) is 84.4 Å². The summed E-state index contributed by atoms with van der Waals surface area (Å²) in [5, 5.41) is 2.90. The molecular weight excluding hydrogens is 618 g/mol. The Hall–Kier alpha value is -1.70. The number of rotatable bonds is 16. The van der Waals surface area contributed by atoms with E-state index in [1.165, 1.54) is 12.8 Å². The summed E-state index contributed by atoms with van der Waals surface area (Å²) >= 11 is 0. The third-order valence-corrected chi connectivity index (χ3v) is 16.1. The lowest BCUT2D eigenvalue weighted by Gasteiger charge is -2.39. The molecule has 0 saturated heterocycles. The van der Waals surface area contributed by atoms with Gasteiger partial charge in [-0.15, -0.1) is 0 Å². The summed E-state index contributed by atoms with van der Waals surface area (Å²) in [6, 6.07) is 19.4. The molecule has 4 nitrogen and oxygen atoms in total. The Morgan fingerprint density at radius 1 is 0.638 bits per heavy atom. The van der Waals surface area contributed by atoms with Crippen molar-refractivity contribution in [2.45, 2.75) is 124 Å². The smallest absolute Gasteiger partial charge is 0.257 e. The molecule has 4 rings (SSSR count). The molecule has 0 N–H and O–H groups in total. The summed E-state index contributed by atoms with van der Waals surface area (Å²) in [6.07, 6.45) is 10.3. The molecule has 2 fully saturated rings. The van der Waals surface area contributed by atoms with Crippen LogP contribution in [0.3, 0.4) is 0 Å². The molecule has 0 aromatic heterocycles. The van der Waals surface area contributed by atoms with E-state index in [0.717, 1.165) is 55.6 Å². The number of allylic oxidation sites excluding steroid dienone is 2. The molecule has 0 radical (unpaired) electrons. The third kappa shape index (κ3) is 9.72. The molecule has 2 saturated carbocycles. The van der Waals surface area contributed by atoms with Crippen LogP contribution in [-0.4, -0.2) is 12.2 Å². The van der Waals surface area contributed by atoms with Crippen molar-refractivity contribution in [1.29, 1.82) is 0 Å². The Labute approximate surface area is 287 Å². The third-order valence-electron chi connectivity index (χ3n) is 10.9. The monoisotopic (exact) mass is 680 g/mol. The Bertz CT molecular complexity index is 1280. The molecule has 0 spiro atoms. The van der Waals surface area contributed by atoms with Crippen LogP contribution in [-0.2, 0) is 18.2 Å². The van der Waals surface area contributed by atoms with E-state index in [0.29, 0.717) is 59.0 Å². The number of hydrogen-bond acceptors (Lipinski definition) is 4. The van der Waals surface area contributed by atoms with E-state index in [9.17, 15) is 9.13 Å².